The van der Waals surface area contributed by atoms with E-state index in [-0.39, 0.29) is 23.0 Å². The van der Waals surface area contributed by atoms with Gasteiger partial charge in [0.05, 0.1) is 4.92 Å². The fourth-order valence-corrected chi connectivity index (χ4v) is 2.84. The van der Waals surface area contributed by atoms with Crippen LogP contribution in [0.2, 0.25) is 0 Å². The highest BCUT2D eigenvalue weighted by Crippen LogP contribution is 2.28. The molecule has 3 aromatic rings. The number of nitro groups is 1. The van der Waals surface area contributed by atoms with E-state index in [9.17, 15) is 19.7 Å². The maximum Gasteiger partial charge on any atom is 0.294 e. The third kappa shape index (κ3) is 4.84. The van der Waals surface area contributed by atoms with Crippen molar-refractivity contribution >= 4 is 28.9 Å². The molecule has 0 aliphatic heterocycles. The molecule has 0 aromatic heterocycles. The Hall–Kier alpha value is -4.00. The van der Waals surface area contributed by atoms with Gasteiger partial charge in [-0.25, -0.2) is 0 Å². The third-order valence-electron chi connectivity index (χ3n) is 4.26. The monoisotopic (exact) mass is 389 g/mol. The lowest BCUT2D eigenvalue weighted by atomic mass is 10.1. The summed E-state index contributed by atoms with van der Waals surface area (Å²) in [6.45, 7) is 3.72. The highest BCUT2D eigenvalue weighted by Gasteiger charge is 2.18. The van der Waals surface area contributed by atoms with Crippen LogP contribution >= 0.6 is 0 Å². The largest absolute Gasteiger partial charge is 0.322 e. The minimum Gasteiger partial charge on any atom is -0.322 e. The van der Waals surface area contributed by atoms with Crippen molar-refractivity contribution < 1.29 is 14.5 Å². The standard InChI is InChI=1S/C22H19N3O4/c1-14-5-3-7-16(11-14)21(26)23-18-9-10-19(20(13-18)25(28)29)24-22(27)17-8-4-6-15(2)12-17/h3-13H,1-2H3,(H,23,26)(H,24,27). The van der Waals surface area contributed by atoms with Crippen molar-refractivity contribution in [2.24, 2.45) is 0 Å². The third-order valence-corrected chi connectivity index (χ3v) is 4.26. The van der Waals surface area contributed by atoms with Gasteiger partial charge in [0, 0.05) is 22.9 Å². The molecule has 0 heterocycles. The Morgan fingerprint density at radius 1 is 0.793 bits per heavy atom. The molecule has 0 aliphatic carbocycles. The van der Waals surface area contributed by atoms with Crippen LogP contribution in [-0.4, -0.2) is 16.7 Å². The number of carbonyl (C=O) groups excluding carboxylic acids is 2. The second-order valence-corrected chi connectivity index (χ2v) is 6.64. The Kier molecular flexibility index (Phi) is 5.69. The summed E-state index contributed by atoms with van der Waals surface area (Å²) in [6.07, 6.45) is 0. The molecular formula is C22H19N3O4. The summed E-state index contributed by atoms with van der Waals surface area (Å²) in [5.41, 5.74) is 2.68. The molecule has 2 amide bonds. The number of aryl methyl sites for hydroxylation is 2. The van der Waals surface area contributed by atoms with Crippen LogP contribution in [0.1, 0.15) is 31.8 Å². The van der Waals surface area contributed by atoms with Gasteiger partial charge in [0.25, 0.3) is 17.5 Å². The van der Waals surface area contributed by atoms with Crippen molar-refractivity contribution in [3.05, 3.63) is 99.1 Å². The van der Waals surface area contributed by atoms with E-state index in [1.165, 1.54) is 18.2 Å². The van der Waals surface area contributed by atoms with Gasteiger partial charge in [0.2, 0.25) is 0 Å². The van der Waals surface area contributed by atoms with E-state index in [1.807, 2.05) is 26.0 Å². The first-order chi connectivity index (χ1) is 13.8. The lowest BCUT2D eigenvalue weighted by Gasteiger charge is -2.10. The van der Waals surface area contributed by atoms with Gasteiger partial charge in [0.1, 0.15) is 5.69 Å². The lowest BCUT2D eigenvalue weighted by molar-refractivity contribution is -0.383. The second kappa shape index (κ2) is 8.35. The molecule has 0 radical (unpaired) electrons. The summed E-state index contributed by atoms with van der Waals surface area (Å²) in [6, 6.07) is 18.1. The van der Waals surface area contributed by atoms with Gasteiger partial charge < -0.3 is 10.6 Å². The maximum absolute atomic E-state index is 12.4. The molecule has 0 bridgehead atoms. The number of carbonyl (C=O) groups is 2. The van der Waals surface area contributed by atoms with Crippen molar-refractivity contribution in [3.63, 3.8) is 0 Å². The Bertz CT molecular complexity index is 1110. The van der Waals surface area contributed by atoms with Gasteiger partial charge in [-0.1, -0.05) is 35.4 Å². The number of hydrogen-bond acceptors (Lipinski definition) is 4. The number of nitrogens with zero attached hydrogens (tertiary/aromatic N) is 1. The zero-order valence-corrected chi connectivity index (χ0v) is 15.9. The van der Waals surface area contributed by atoms with Crippen molar-refractivity contribution in [3.8, 4) is 0 Å². The molecule has 0 saturated carbocycles. The van der Waals surface area contributed by atoms with Gasteiger partial charge >= 0.3 is 0 Å². The number of anilines is 2. The summed E-state index contributed by atoms with van der Waals surface area (Å²) in [4.78, 5) is 35.7. The van der Waals surface area contributed by atoms with E-state index in [1.54, 1.807) is 36.4 Å². The van der Waals surface area contributed by atoms with Gasteiger partial charge in [0.15, 0.2) is 0 Å². The molecule has 3 aromatic carbocycles. The molecule has 0 spiro atoms. The fraction of sp³-hybridized carbons (Fsp3) is 0.0909. The smallest absolute Gasteiger partial charge is 0.294 e. The Morgan fingerprint density at radius 3 is 1.86 bits per heavy atom. The topological polar surface area (TPSA) is 101 Å². The van der Waals surface area contributed by atoms with Crippen molar-refractivity contribution in [2.75, 3.05) is 10.6 Å². The number of nitro benzene ring substituents is 1. The number of amides is 2. The normalized spacial score (nSPS) is 10.3. The average Bonchev–Trinajstić information content (AvgIpc) is 2.69. The summed E-state index contributed by atoms with van der Waals surface area (Å²) in [7, 11) is 0. The predicted octanol–water partition coefficient (Wildman–Crippen LogP) is 4.72. The Balaban J connectivity index is 1.82. The Labute approximate surface area is 167 Å². The second-order valence-electron chi connectivity index (χ2n) is 6.64. The van der Waals surface area contributed by atoms with E-state index in [4.69, 9.17) is 0 Å². The summed E-state index contributed by atoms with van der Waals surface area (Å²) < 4.78 is 0. The van der Waals surface area contributed by atoms with Gasteiger partial charge in [-0.15, -0.1) is 0 Å². The van der Waals surface area contributed by atoms with Crippen LogP contribution in [0.3, 0.4) is 0 Å². The molecule has 0 fully saturated rings. The van der Waals surface area contributed by atoms with Crippen molar-refractivity contribution in [2.45, 2.75) is 13.8 Å². The van der Waals surface area contributed by atoms with Crippen LogP contribution < -0.4 is 10.6 Å². The van der Waals surface area contributed by atoms with Crippen LogP contribution in [0.5, 0.6) is 0 Å². The molecular weight excluding hydrogens is 370 g/mol. The number of nitrogens with one attached hydrogen (secondary N) is 2. The number of hydrogen-bond donors (Lipinski definition) is 2. The first-order valence-corrected chi connectivity index (χ1v) is 8.88. The fourth-order valence-electron chi connectivity index (χ4n) is 2.84. The average molecular weight is 389 g/mol. The minimum absolute atomic E-state index is 0.0510. The molecule has 0 atom stereocenters. The van der Waals surface area contributed by atoms with E-state index >= 15 is 0 Å². The highest BCUT2D eigenvalue weighted by molar-refractivity contribution is 6.07. The molecule has 29 heavy (non-hydrogen) atoms. The first kappa shape index (κ1) is 19.8. The number of benzene rings is 3. The zero-order chi connectivity index (χ0) is 21.0. The quantitative estimate of drug-likeness (QED) is 0.487. The zero-order valence-electron chi connectivity index (χ0n) is 15.9. The van der Waals surface area contributed by atoms with Crippen LogP contribution in [0, 0.1) is 24.0 Å². The first-order valence-electron chi connectivity index (χ1n) is 8.88. The van der Waals surface area contributed by atoms with Crippen molar-refractivity contribution in [1.29, 1.82) is 0 Å². The summed E-state index contributed by atoms with van der Waals surface area (Å²) in [5.74, 6) is -0.826. The molecule has 0 saturated heterocycles. The SMILES string of the molecule is Cc1cccc(C(=O)Nc2ccc(NC(=O)c3cccc(C)c3)c([N+](=O)[O-])c2)c1. The van der Waals surface area contributed by atoms with Crippen molar-refractivity contribution in [1.82, 2.24) is 0 Å². The van der Waals surface area contributed by atoms with Crippen LogP contribution in [0.4, 0.5) is 17.1 Å². The van der Waals surface area contributed by atoms with Gasteiger partial charge in [-0.3, -0.25) is 19.7 Å². The van der Waals surface area contributed by atoms with E-state index in [0.29, 0.717) is 11.1 Å². The van der Waals surface area contributed by atoms with Crippen LogP contribution in [0.25, 0.3) is 0 Å². The molecule has 7 nitrogen and oxygen atoms in total. The van der Waals surface area contributed by atoms with Gasteiger partial charge in [-0.2, -0.15) is 0 Å². The van der Waals surface area contributed by atoms with E-state index in [2.05, 4.69) is 10.6 Å². The lowest BCUT2D eigenvalue weighted by Crippen LogP contribution is -2.14. The molecule has 0 unspecified atom stereocenters. The summed E-state index contributed by atoms with van der Waals surface area (Å²) >= 11 is 0. The number of rotatable bonds is 5. The molecule has 146 valence electrons. The predicted molar refractivity (Wildman–Crippen MR) is 111 cm³/mol. The van der Waals surface area contributed by atoms with E-state index < -0.39 is 10.8 Å². The van der Waals surface area contributed by atoms with Gasteiger partial charge in [-0.05, 0) is 50.2 Å². The Morgan fingerprint density at radius 2 is 1.34 bits per heavy atom. The van der Waals surface area contributed by atoms with E-state index in [0.717, 1.165) is 11.1 Å². The minimum atomic E-state index is -0.603. The van der Waals surface area contributed by atoms with Crippen LogP contribution in [0.15, 0.2) is 66.7 Å². The molecule has 7 heteroatoms. The highest BCUT2D eigenvalue weighted by atomic mass is 16.6. The van der Waals surface area contributed by atoms with Crippen LogP contribution in [-0.2, 0) is 0 Å². The molecule has 3 rings (SSSR count). The molecule has 2 N–H and O–H groups in total. The maximum atomic E-state index is 12.4. The summed E-state index contributed by atoms with van der Waals surface area (Å²) in [5, 5.41) is 16.7. The molecule has 0 aliphatic rings.